The molecule has 0 spiro atoms. The number of halogens is 1. The minimum Gasteiger partial charge on any atom is -0.496 e. The zero-order valence-corrected chi connectivity index (χ0v) is 19.8. The van der Waals surface area contributed by atoms with Gasteiger partial charge in [-0.2, -0.15) is 0 Å². The van der Waals surface area contributed by atoms with E-state index in [0.717, 1.165) is 61.2 Å². The maximum Gasteiger partial charge on any atom is 0.191 e. The normalized spacial score (nSPS) is 11.0. The van der Waals surface area contributed by atoms with Crippen LogP contribution in [0.3, 0.4) is 0 Å². The number of aryl methyl sites for hydroxylation is 2. The molecule has 0 saturated carbocycles. The molecule has 1 heterocycles. The van der Waals surface area contributed by atoms with Crippen molar-refractivity contribution in [3.63, 3.8) is 0 Å². The summed E-state index contributed by atoms with van der Waals surface area (Å²) in [6, 6.07) is 6.36. The van der Waals surface area contributed by atoms with Gasteiger partial charge in [-0.05, 0) is 43.9 Å². The Hall–Kier alpha value is -1.35. The lowest BCUT2D eigenvalue weighted by Crippen LogP contribution is -2.38. The van der Waals surface area contributed by atoms with E-state index in [1.165, 1.54) is 10.4 Å². The number of rotatable bonds is 9. The van der Waals surface area contributed by atoms with E-state index >= 15 is 0 Å². The van der Waals surface area contributed by atoms with Gasteiger partial charge in [0.2, 0.25) is 0 Å². The zero-order chi connectivity index (χ0) is 18.8. The number of benzene rings is 1. The Morgan fingerprint density at radius 3 is 2.70 bits per heavy atom. The fraction of sp³-hybridized carbons (Fsp3) is 0.500. The van der Waals surface area contributed by atoms with E-state index in [1.807, 2.05) is 6.20 Å². The predicted molar refractivity (Wildman–Crippen MR) is 126 cm³/mol. The van der Waals surface area contributed by atoms with Gasteiger partial charge in [0.1, 0.15) is 5.75 Å². The van der Waals surface area contributed by atoms with Gasteiger partial charge >= 0.3 is 0 Å². The van der Waals surface area contributed by atoms with Gasteiger partial charge in [0.15, 0.2) is 5.96 Å². The molecule has 0 radical (unpaired) electrons. The Bertz CT molecular complexity index is 718. The number of nitrogens with zero attached hydrogens (tertiary/aromatic N) is 2. The molecule has 0 amide bonds. The first-order valence-corrected chi connectivity index (χ1v) is 10.1. The average molecular weight is 502 g/mol. The summed E-state index contributed by atoms with van der Waals surface area (Å²) in [5.74, 6) is 1.80. The second-order valence-electron chi connectivity index (χ2n) is 6.07. The summed E-state index contributed by atoms with van der Waals surface area (Å²) in [7, 11) is 1.71. The summed E-state index contributed by atoms with van der Waals surface area (Å²) in [6.45, 7) is 8.71. The van der Waals surface area contributed by atoms with Gasteiger partial charge < -0.3 is 15.4 Å². The highest BCUT2D eigenvalue weighted by Gasteiger charge is 2.03. The van der Waals surface area contributed by atoms with Gasteiger partial charge in [0.25, 0.3) is 0 Å². The molecule has 2 N–H and O–H groups in total. The third kappa shape index (κ3) is 8.04. The van der Waals surface area contributed by atoms with Crippen LogP contribution in [-0.2, 0) is 19.3 Å². The smallest absolute Gasteiger partial charge is 0.191 e. The molecular weight excluding hydrogens is 471 g/mol. The van der Waals surface area contributed by atoms with Gasteiger partial charge in [-0.25, -0.2) is 4.98 Å². The molecule has 0 saturated heterocycles. The van der Waals surface area contributed by atoms with Crippen LogP contribution in [0.1, 0.15) is 34.9 Å². The lowest BCUT2D eigenvalue weighted by Gasteiger charge is -2.12. The van der Waals surface area contributed by atoms with E-state index in [-0.39, 0.29) is 24.0 Å². The van der Waals surface area contributed by atoms with Crippen molar-refractivity contribution in [2.45, 2.75) is 40.0 Å². The molecule has 2 aromatic rings. The molecule has 1 aromatic carbocycles. The second-order valence-corrected chi connectivity index (χ2v) is 7.27. The van der Waals surface area contributed by atoms with Crippen LogP contribution in [0.5, 0.6) is 5.75 Å². The number of thiazole rings is 1. The standard InChI is InChI=1S/C20H30N4OS.HI/c1-5-17-14-24-19(26-17)10-12-23-20(21-6-2)22-11-9-16-8-7-15(3)18(13-16)25-4;/h7-8,13-14H,5-6,9-12H2,1-4H3,(H2,21,22,23);1H. The lowest BCUT2D eigenvalue weighted by atomic mass is 10.1. The van der Waals surface area contributed by atoms with Crippen LogP contribution < -0.4 is 15.4 Å². The number of ether oxygens (including phenoxy) is 1. The second kappa shape index (κ2) is 12.9. The molecule has 0 unspecified atom stereocenters. The fourth-order valence-corrected chi connectivity index (χ4v) is 3.43. The van der Waals surface area contributed by atoms with Crippen molar-refractivity contribution < 1.29 is 4.74 Å². The first-order chi connectivity index (χ1) is 12.7. The quantitative estimate of drug-likeness (QED) is 0.310. The van der Waals surface area contributed by atoms with Crippen LogP contribution in [0.4, 0.5) is 0 Å². The SMILES string of the molecule is CCNC(=NCCc1ncc(CC)s1)NCCc1ccc(C)c(OC)c1.I. The molecule has 0 atom stereocenters. The molecule has 1 aromatic heterocycles. The van der Waals surface area contributed by atoms with Crippen molar-refractivity contribution in [3.8, 4) is 5.75 Å². The number of hydrogen-bond acceptors (Lipinski definition) is 4. The number of aromatic nitrogens is 1. The molecule has 5 nitrogen and oxygen atoms in total. The van der Waals surface area contributed by atoms with E-state index in [1.54, 1.807) is 18.4 Å². The average Bonchev–Trinajstić information content (AvgIpc) is 3.11. The monoisotopic (exact) mass is 502 g/mol. The summed E-state index contributed by atoms with van der Waals surface area (Å²) in [4.78, 5) is 10.4. The van der Waals surface area contributed by atoms with Crippen molar-refractivity contribution >= 4 is 41.3 Å². The number of nitrogens with one attached hydrogen (secondary N) is 2. The molecular formula is C20H31IN4OS. The first-order valence-electron chi connectivity index (χ1n) is 9.25. The molecule has 27 heavy (non-hydrogen) atoms. The fourth-order valence-electron chi connectivity index (χ4n) is 2.58. The molecule has 150 valence electrons. The third-order valence-corrected chi connectivity index (χ3v) is 5.27. The van der Waals surface area contributed by atoms with Crippen LogP contribution in [0.2, 0.25) is 0 Å². The summed E-state index contributed by atoms with van der Waals surface area (Å²) >= 11 is 1.78. The summed E-state index contributed by atoms with van der Waals surface area (Å²) in [6.07, 6.45) is 4.84. The molecule has 2 rings (SSSR count). The number of hydrogen-bond donors (Lipinski definition) is 2. The summed E-state index contributed by atoms with van der Waals surface area (Å²) in [5, 5.41) is 7.87. The number of aliphatic imine (C=N–C) groups is 1. The Balaban J connectivity index is 0.00000364. The van der Waals surface area contributed by atoms with Crippen molar-refractivity contribution in [1.29, 1.82) is 0 Å². The Labute approximate surface area is 184 Å². The highest BCUT2D eigenvalue weighted by molar-refractivity contribution is 14.0. The van der Waals surface area contributed by atoms with E-state index in [4.69, 9.17) is 4.74 Å². The van der Waals surface area contributed by atoms with Crippen LogP contribution in [0, 0.1) is 6.92 Å². The van der Waals surface area contributed by atoms with Crippen LogP contribution in [0.15, 0.2) is 29.4 Å². The highest BCUT2D eigenvalue weighted by atomic mass is 127. The van der Waals surface area contributed by atoms with E-state index < -0.39 is 0 Å². The van der Waals surface area contributed by atoms with Crippen molar-refractivity contribution in [3.05, 3.63) is 45.4 Å². The summed E-state index contributed by atoms with van der Waals surface area (Å²) < 4.78 is 5.40. The molecule has 7 heteroatoms. The zero-order valence-electron chi connectivity index (χ0n) is 16.7. The van der Waals surface area contributed by atoms with Gasteiger partial charge in [0, 0.05) is 37.1 Å². The lowest BCUT2D eigenvalue weighted by molar-refractivity contribution is 0.411. The minimum atomic E-state index is 0. The maximum atomic E-state index is 5.40. The van der Waals surface area contributed by atoms with E-state index in [0.29, 0.717) is 0 Å². The maximum absolute atomic E-state index is 5.40. The van der Waals surface area contributed by atoms with Crippen LogP contribution in [0.25, 0.3) is 0 Å². The van der Waals surface area contributed by atoms with Gasteiger partial charge in [-0.1, -0.05) is 19.1 Å². The van der Waals surface area contributed by atoms with E-state index in [9.17, 15) is 0 Å². The van der Waals surface area contributed by atoms with Crippen LogP contribution in [-0.4, -0.2) is 37.7 Å². The van der Waals surface area contributed by atoms with Gasteiger partial charge in [-0.3, -0.25) is 4.99 Å². The topological polar surface area (TPSA) is 58.5 Å². The Morgan fingerprint density at radius 2 is 2.04 bits per heavy atom. The van der Waals surface area contributed by atoms with Gasteiger partial charge in [0.05, 0.1) is 12.1 Å². The van der Waals surface area contributed by atoms with Crippen LogP contribution >= 0.6 is 35.3 Å². The highest BCUT2D eigenvalue weighted by Crippen LogP contribution is 2.19. The molecule has 0 bridgehead atoms. The number of guanidine groups is 1. The summed E-state index contributed by atoms with van der Waals surface area (Å²) in [5.41, 5.74) is 2.42. The largest absolute Gasteiger partial charge is 0.496 e. The van der Waals surface area contributed by atoms with Crippen molar-refractivity contribution in [2.75, 3.05) is 26.7 Å². The molecule has 0 aliphatic carbocycles. The Kier molecular flexibility index (Phi) is 11.3. The molecule has 0 aliphatic heterocycles. The Morgan fingerprint density at radius 1 is 1.22 bits per heavy atom. The molecule has 0 aliphatic rings. The first kappa shape index (κ1) is 23.7. The van der Waals surface area contributed by atoms with Crippen molar-refractivity contribution in [1.82, 2.24) is 15.6 Å². The van der Waals surface area contributed by atoms with Crippen molar-refractivity contribution in [2.24, 2.45) is 4.99 Å². The van der Waals surface area contributed by atoms with E-state index in [2.05, 4.69) is 59.6 Å². The van der Waals surface area contributed by atoms with Gasteiger partial charge in [-0.15, -0.1) is 35.3 Å². The third-order valence-electron chi connectivity index (χ3n) is 4.07. The molecule has 0 fully saturated rings. The number of methoxy groups -OCH3 is 1. The minimum absolute atomic E-state index is 0. The predicted octanol–water partition coefficient (Wildman–Crippen LogP) is 3.98.